The highest BCUT2D eigenvalue weighted by molar-refractivity contribution is 5.93. The summed E-state index contributed by atoms with van der Waals surface area (Å²) in [6, 6.07) is 5.01. The van der Waals surface area contributed by atoms with Crippen molar-refractivity contribution in [1.29, 1.82) is 0 Å². The van der Waals surface area contributed by atoms with Gasteiger partial charge in [-0.15, -0.1) is 0 Å². The van der Waals surface area contributed by atoms with Crippen molar-refractivity contribution in [2.24, 2.45) is 11.8 Å². The molecular formula is C15H19NO5. The Morgan fingerprint density at radius 3 is 2.48 bits per heavy atom. The van der Waals surface area contributed by atoms with Gasteiger partial charge in [-0.2, -0.15) is 0 Å². The van der Waals surface area contributed by atoms with E-state index >= 15 is 0 Å². The van der Waals surface area contributed by atoms with Gasteiger partial charge in [0.25, 0.3) is 5.91 Å². The molecular weight excluding hydrogens is 274 g/mol. The first-order valence-corrected chi connectivity index (χ1v) is 6.73. The number of anilines is 1. The van der Waals surface area contributed by atoms with Crippen LogP contribution in [0.15, 0.2) is 18.2 Å². The first-order chi connectivity index (χ1) is 10.0. The summed E-state index contributed by atoms with van der Waals surface area (Å²) in [7, 11) is 3.05. The fraction of sp³-hybridized carbons (Fsp3) is 0.467. The fourth-order valence-corrected chi connectivity index (χ4v) is 2.01. The predicted molar refractivity (Wildman–Crippen MR) is 76.4 cm³/mol. The normalized spacial score (nSPS) is 19.6. The van der Waals surface area contributed by atoms with E-state index in [9.17, 15) is 9.59 Å². The molecule has 1 N–H and O–H groups in total. The summed E-state index contributed by atoms with van der Waals surface area (Å²) in [5.74, 6) is 0.725. The molecule has 0 saturated heterocycles. The molecule has 1 aliphatic rings. The van der Waals surface area contributed by atoms with Crippen molar-refractivity contribution in [2.45, 2.75) is 13.3 Å². The lowest BCUT2D eigenvalue weighted by Crippen LogP contribution is -2.21. The number of esters is 1. The Kier molecular flexibility index (Phi) is 4.67. The zero-order chi connectivity index (χ0) is 15.4. The van der Waals surface area contributed by atoms with E-state index in [1.807, 2.05) is 6.92 Å². The number of hydrogen-bond acceptors (Lipinski definition) is 5. The molecule has 0 aromatic heterocycles. The van der Waals surface area contributed by atoms with Gasteiger partial charge in [-0.25, -0.2) is 0 Å². The van der Waals surface area contributed by atoms with Crippen LogP contribution in [-0.2, 0) is 14.3 Å². The lowest BCUT2D eigenvalue weighted by molar-refractivity contribution is -0.148. The zero-order valence-electron chi connectivity index (χ0n) is 12.3. The van der Waals surface area contributed by atoms with Gasteiger partial charge >= 0.3 is 5.97 Å². The van der Waals surface area contributed by atoms with E-state index in [2.05, 4.69) is 5.32 Å². The third-order valence-electron chi connectivity index (χ3n) is 3.43. The van der Waals surface area contributed by atoms with Crippen molar-refractivity contribution in [3.05, 3.63) is 18.2 Å². The van der Waals surface area contributed by atoms with Crippen LogP contribution < -0.4 is 14.8 Å². The average molecular weight is 293 g/mol. The maximum Gasteiger partial charge on any atom is 0.309 e. The van der Waals surface area contributed by atoms with Gasteiger partial charge in [0.15, 0.2) is 18.1 Å². The second-order valence-corrected chi connectivity index (χ2v) is 5.05. The molecule has 1 amide bonds. The fourth-order valence-electron chi connectivity index (χ4n) is 2.01. The Balaban J connectivity index is 1.86. The van der Waals surface area contributed by atoms with Gasteiger partial charge in [-0.3, -0.25) is 9.59 Å². The van der Waals surface area contributed by atoms with Gasteiger partial charge in [-0.1, -0.05) is 6.92 Å². The molecule has 0 bridgehead atoms. The second kappa shape index (κ2) is 6.47. The summed E-state index contributed by atoms with van der Waals surface area (Å²) in [5.41, 5.74) is 0.550. The van der Waals surface area contributed by atoms with Gasteiger partial charge in [0.1, 0.15) is 0 Å². The lowest BCUT2D eigenvalue weighted by atomic mass is 10.2. The molecule has 6 heteroatoms. The lowest BCUT2D eigenvalue weighted by Gasteiger charge is -2.10. The van der Waals surface area contributed by atoms with E-state index in [4.69, 9.17) is 14.2 Å². The molecule has 1 aromatic rings. The second-order valence-electron chi connectivity index (χ2n) is 5.05. The minimum absolute atomic E-state index is 0.0427. The minimum Gasteiger partial charge on any atom is -0.493 e. The molecule has 0 aliphatic heterocycles. The van der Waals surface area contributed by atoms with Crippen molar-refractivity contribution in [3.8, 4) is 11.5 Å². The number of rotatable bonds is 6. The molecule has 21 heavy (non-hydrogen) atoms. The standard InChI is InChI=1S/C15H19NO5/c1-9-6-11(9)15(18)21-8-14(17)16-10-4-5-12(19-2)13(7-10)20-3/h4-5,7,9,11H,6,8H2,1-3H3,(H,16,17)/t9-,11-/m0/s1. The molecule has 1 fully saturated rings. The maximum atomic E-state index is 11.7. The third kappa shape index (κ3) is 3.87. The van der Waals surface area contributed by atoms with Gasteiger partial charge in [0.05, 0.1) is 20.1 Å². The maximum absolute atomic E-state index is 11.7. The van der Waals surface area contributed by atoms with Crippen LogP contribution in [-0.4, -0.2) is 32.7 Å². The Morgan fingerprint density at radius 2 is 1.90 bits per heavy atom. The molecule has 114 valence electrons. The largest absolute Gasteiger partial charge is 0.493 e. The number of amides is 1. The van der Waals surface area contributed by atoms with Gasteiger partial charge in [-0.05, 0) is 24.5 Å². The molecule has 0 unspecified atom stereocenters. The smallest absolute Gasteiger partial charge is 0.309 e. The summed E-state index contributed by atoms with van der Waals surface area (Å²) < 4.78 is 15.2. The minimum atomic E-state index is -0.385. The molecule has 6 nitrogen and oxygen atoms in total. The first-order valence-electron chi connectivity index (χ1n) is 6.73. The van der Waals surface area contributed by atoms with Crippen molar-refractivity contribution < 1.29 is 23.8 Å². The molecule has 0 radical (unpaired) electrons. The van der Waals surface area contributed by atoms with E-state index in [-0.39, 0.29) is 24.4 Å². The van der Waals surface area contributed by atoms with Gasteiger partial charge < -0.3 is 19.5 Å². The molecule has 1 aromatic carbocycles. The van der Waals surface area contributed by atoms with E-state index in [1.54, 1.807) is 18.2 Å². The number of carbonyl (C=O) groups excluding carboxylic acids is 2. The zero-order valence-corrected chi connectivity index (χ0v) is 12.3. The van der Waals surface area contributed by atoms with Crippen LogP contribution >= 0.6 is 0 Å². The molecule has 0 spiro atoms. The van der Waals surface area contributed by atoms with Crippen LogP contribution in [0.25, 0.3) is 0 Å². The van der Waals surface area contributed by atoms with Crippen LogP contribution in [0, 0.1) is 11.8 Å². The van der Waals surface area contributed by atoms with Gasteiger partial charge in [0, 0.05) is 11.8 Å². The van der Waals surface area contributed by atoms with Crippen molar-refractivity contribution in [1.82, 2.24) is 0 Å². The quantitative estimate of drug-likeness (QED) is 0.810. The van der Waals surface area contributed by atoms with Crippen LogP contribution in [0.1, 0.15) is 13.3 Å². The molecule has 1 saturated carbocycles. The first kappa shape index (κ1) is 15.2. The molecule has 2 rings (SSSR count). The Morgan fingerprint density at radius 1 is 1.24 bits per heavy atom. The van der Waals surface area contributed by atoms with Crippen molar-refractivity contribution >= 4 is 17.6 Å². The Labute approximate surface area is 123 Å². The number of benzene rings is 1. The average Bonchev–Trinajstić information content (AvgIpc) is 3.21. The van der Waals surface area contributed by atoms with Gasteiger partial charge in [0.2, 0.25) is 0 Å². The highest BCUT2D eigenvalue weighted by Crippen LogP contribution is 2.38. The van der Waals surface area contributed by atoms with E-state index in [0.29, 0.717) is 23.1 Å². The SMILES string of the molecule is COc1ccc(NC(=O)COC(=O)[C@H]2C[C@@H]2C)cc1OC. The van der Waals surface area contributed by atoms with Crippen LogP contribution in [0.4, 0.5) is 5.69 Å². The van der Waals surface area contributed by atoms with E-state index in [1.165, 1.54) is 14.2 Å². The number of carbonyl (C=O) groups is 2. The molecule has 2 atom stereocenters. The summed E-state index contributed by atoms with van der Waals surface area (Å²) in [6.45, 7) is 1.70. The number of nitrogens with one attached hydrogen (secondary N) is 1. The van der Waals surface area contributed by atoms with Crippen molar-refractivity contribution in [2.75, 3.05) is 26.1 Å². The van der Waals surface area contributed by atoms with Crippen molar-refractivity contribution in [3.63, 3.8) is 0 Å². The highest BCUT2D eigenvalue weighted by Gasteiger charge is 2.40. The topological polar surface area (TPSA) is 73.9 Å². The summed E-state index contributed by atoms with van der Waals surface area (Å²) >= 11 is 0. The van der Waals surface area contributed by atoms with Crippen LogP contribution in [0.2, 0.25) is 0 Å². The Hall–Kier alpha value is -2.24. The number of methoxy groups -OCH3 is 2. The number of hydrogen-bond donors (Lipinski definition) is 1. The predicted octanol–water partition coefficient (Wildman–Crippen LogP) is 1.84. The summed E-state index contributed by atoms with van der Waals surface area (Å²) in [5, 5.41) is 2.64. The van der Waals surface area contributed by atoms with Crippen LogP contribution in [0.5, 0.6) is 11.5 Å². The Bertz CT molecular complexity index is 543. The van der Waals surface area contributed by atoms with E-state index < -0.39 is 0 Å². The van der Waals surface area contributed by atoms with E-state index in [0.717, 1.165) is 6.42 Å². The summed E-state index contributed by atoms with van der Waals surface area (Å²) in [4.78, 5) is 23.3. The monoisotopic (exact) mass is 293 g/mol. The van der Waals surface area contributed by atoms with Crippen LogP contribution in [0.3, 0.4) is 0 Å². The third-order valence-corrected chi connectivity index (χ3v) is 3.43. The summed E-state index contributed by atoms with van der Waals surface area (Å²) in [6.07, 6.45) is 0.843. The molecule has 1 aliphatic carbocycles. The molecule has 0 heterocycles. The number of ether oxygens (including phenoxy) is 3. The highest BCUT2D eigenvalue weighted by atomic mass is 16.5.